The Labute approximate surface area is 181 Å². The normalized spacial score (nSPS) is 20.0. The minimum absolute atomic E-state index is 0.136. The number of likely N-dealkylation sites (tertiary alicyclic amines) is 1. The highest BCUT2D eigenvalue weighted by molar-refractivity contribution is 6.43. The number of anilines is 1. The van der Waals surface area contributed by atoms with E-state index in [4.69, 9.17) is 9.57 Å². The summed E-state index contributed by atoms with van der Waals surface area (Å²) < 4.78 is 5.13. The quantitative estimate of drug-likeness (QED) is 0.774. The van der Waals surface area contributed by atoms with Crippen LogP contribution in [0.25, 0.3) is 0 Å². The zero-order chi connectivity index (χ0) is 21.7. The average molecular weight is 422 g/mol. The molecule has 162 valence electrons. The lowest BCUT2D eigenvalue weighted by Crippen LogP contribution is -2.53. The summed E-state index contributed by atoms with van der Waals surface area (Å²) in [6.07, 6.45) is 1.91. The summed E-state index contributed by atoms with van der Waals surface area (Å²) in [6, 6.07) is 16.7. The zero-order valence-corrected chi connectivity index (χ0v) is 17.5. The van der Waals surface area contributed by atoms with Gasteiger partial charge in [0.1, 0.15) is 11.5 Å². The first-order valence-corrected chi connectivity index (χ1v) is 10.3. The van der Waals surface area contributed by atoms with Crippen molar-refractivity contribution in [1.29, 1.82) is 0 Å². The van der Waals surface area contributed by atoms with E-state index in [-0.39, 0.29) is 11.9 Å². The number of urea groups is 1. The van der Waals surface area contributed by atoms with E-state index in [1.165, 1.54) is 0 Å². The molecule has 0 bridgehead atoms. The first-order valence-electron chi connectivity index (χ1n) is 10.3. The molecule has 1 fully saturated rings. The second-order valence-corrected chi connectivity index (χ2v) is 7.84. The number of methoxy groups -OCH3 is 1. The molecule has 8 heteroatoms. The summed E-state index contributed by atoms with van der Waals surface area (Å²) in [6.45, 7) is 1.52. The number of oxime groups is 1. The minimum Gasteiger partial charge on any atom is -0.497 e. The molecule has 31 heavy (non-hydrogen) atoms. The first-order chi connectivity index (χ1) is 15.1. The molecule has 0 unspecified atom stereocenters. The third-order valence-electron chi connectivity index (χ3n) is 5.56. The van der Waals surface area contributed by atoms with Crippen LogP contribution in [0.15, 0.2) is 59.8 Å². The molecule has 0 aromatic heterocycles. The predicted molar refractivity (Wildman–Crippen MR) is 117 cm³/mol. The van der Waals surface area contributed by atoms with Gasteiger partial charge in [0.15, 0.2) is 5.60 Å². The Morgan fingerprint density at radius 2 is 1.94 bits per heavy atom. The molecular formula is C23H26N4O4. The van der Waals surface area contributed by atoms with Crippen LogP contribution in [-0.4, -0.2) is 48.4 Å². The van der Waals surface area contributed by atoms with Crippen LogP contribution in [0.4, 0.5) is 10.5 Å². The van der Waals surface area contributed by atoms with Gasteiger partial charge in [0, 0.05) is 25.2 Å². The molecule has 1 spiro atoms. The Morgan fingerprint density at radius 3 is 2.68 bits per heavy atom. The van der Waals surface area contributed by atoms with E-state index < -0.39 is 5.60 Å². The fourth-order valence-corrected chi connectivity index (χ4v) is 3.90. The number of nitrogens with one attached hydrogen (secondary N) is 2. The monoisotopic (exact) mass is 422 g/mol. The van der Waals surface area contributed by atoms with Crippen LogP contribution in [0.5, 0.6) is 5.75 Å². The number of nitrogens with zero attached hydrogens (tertiary/aromatic N) is 2. The molecule has 2 aliphatic rings. The van der Waals surface area contributed by atoms with Crippen LogP contribution in [0, 0.1) is 0 Å². The number of hydrogen-bond acceptors (Lipinski definition) is 5. The lowest BCUT2D eigenvalue weighted by molar-refractivity contribution is -0.110. The lowest BCUT2D eigenvalue weighted by atomic mass is 9.88. The summed E-state index contributed by atoms with van der Waals surface area (Å²) in [4.78, 5) is 32.7. The van der Waals surface area contributed by atoms with E-state index in [1.54, 1.807) is 36.3 Å². The van der Waals surface area contributed by atoms with E-state index in [0.717, 1.165) is 18.4 Å². The maximum absolute atomic E-state index is 12.7. The molecule has 8 nitrogen and oxygen atoms in total. The SMILES string of the molecule is COc1ccc(NC(=O)C2=NO[C@]3(CCCN(C(=O)NCc4ccccc4)C3)C2)cc1. The van der Waals surface area contributed by atoms with Gasteiger partial charge in [-0.15, -0.1) is 0 Å². The molecule has 2 aromatic carbocycles. The van der Waals surface area contributed by atoms with Crippen molar-refractivity contribution < 1.29 is 19.2 Å². The summed E-state index contributed by atoms with van der Waals surface area (Å²) in [5.74, 6) is 0.416. The molecule has 0 saturated carbocycles. The van der Waals surface area contributed by atoms with Crippen LogP contribution in [0.2, 0.25) is 0 Å². The molecule has 3 amide bonds. The number of rotatable bonds is 5. The Balaban J connectivity index is 1.31. The molecule has 2 heterocycles. The fraction of sp³-hybridized carbons (Fsp3) is 0.348. The highest BCUT2D eigenvalue weighted by Gasteiger charge is 2.45. The fourth-order valence-electron chi connectivity index (χ4n) is 3.90. The van der Waals surface area contributed by atoms with Crippen molar-refractivity contribution in [1.82, 2.24) is 10.2 Å². The van der Waals surface area contributed by atoms with Crippen molar-refractivity contribution in [3.8, 4) is 5.75 Å². The Hall–Kier alpha value is -3.55. The van der Waals surface area contributed by atoms with Gasteiger partial charge >= 0.3 is 6.03 Å². The number of carbonyl (C=O) groups is 2. The lowest BCUT2D eigenvalue weighted by Gasteiger charge is -2.38. The highest BCUT2D eigenvalue weighted by atomic mass is 16.7. The summed E-state index contributed by atoms with van der Waals surface area (Å²) in [7, 11) is 1.59. The highest BCUT2D eigenvalue weighted by Crippen LogP contribution is 2.33. The molecular weight excluding hydrogens is 396 g/mol. The molecule has 0 radical (unpaired) electrons. The van der Waals surface area contributed by atoms with E-state index in [0.29, 0.717) is 43.2 Å². The van der Waals surface area contributed by atoms with Crippen LogP contribution >= 0.6 is 0 Å². The smallest absolute Gasteiger partial charge is 0.317 e. The van der Waals surface area contributed by atoms with Gasteiger partial charge in [-0.2, -0.15) is 0 Å². The first kappa shape index (κ1) is 20.7. The van der Waals surface area contributed by atoms with Gasteiger partial charge in [-0.3, -0.25) is 4.79 Å². The van der Waals surface area contributed by atoms with Gasteiger partial charge < -0.3 is 25.1 Å². The van der Waals surface area contributed by atoms with Gasteiger partial charge in [-0.1, -0.05) is 35.5 Å². The maximum atomic E-state index is 12.7. The molecule has 1 saturated heterocycles. The van der Waals surface area contributed by atoms with Crippen molar-refractivity contribution in [2.24, 2.45) is 5.16 Å². The second-order valence-electron chi connectivity index (χ2n) is 7.84. The van der Waals surface area contributed by atoms with Crippen molar-refractivity contribution in [2.45, 2.75) is 31.4 Å². The third-order valence-corrected chi connectivity index (χ3v) is 5.56. The minimum atomic E-state index is -0.644. The molecule has 0 aliphatic carbocycles. The van der Waals surface area contributed by atoms with Gasteiger partial charge in [0.2, 0.25) is 0 Å². The summed E-state index contributed by atoms with van der Waals surface area (Å²) in [5.41, 5.74) is 1.39. The summed E-state index contributed by atoms with van der Waals surface area (Å²) >= 11 is 0. The summed E-state index contributed by atoms with van der Waals surface area (Å²) in [5, 5.41) is 9.84. The Kier molecular flexibility index (Phi) is 6.06. The standard InChI is InChI=1S/C23H26N4O4/c1-30-19-10-8-18(9-11-19)25-21(28)20-14-23(31-26-20)12-5-13-27(16-23)22(29)24-15-17-6-3-2-4-7-17/h2-4,6-11H,5,12-16H2,1H3,(H,24,29)(H,25,28)/t23-/m1/s1. The van der Waals surface area contributed by atoms with E-state index in [2.05, 4.69) is 15.8 Å². The van der Waals surface area contributed by atoms with E-state index in [9.17, 15) is 9.59 Å². The number of ether oxygens (including phenoxy) is 1. The largest absolute Gasteiger partial charge is 0.497 e. The van der Waals surface area contributed by atoms with Gasteiger partial charge in [0.25, 0.3) is 5.91 Å². The third kappa shape index (κ3) is 4.96. The Morgan fingerprint density at radius 1 is 1.16 bits per heavy atom. The second kappa shape index (κ2) is 9.07. The Bertz CT molecular complexity index is 961. The number of amides is 3. The van der Waals surface area contributed by atoms with Crippen LogP contribution < -0.4 is 15.4 Å². The van der Waals surface area contributed by atoms with E-state index >= 15 is 0 Å². The number of hydrogen-bond donors (Lipinski definition) is 2. The molecule has 2 aliphatic heterocycles. The number of piperidine rings is 1. The van der Waals surface area contributed by atoms with Gasteiger partial charge in [-0.05, 0) is 42.7 Å². The topological polar surface area (TPSA) is 92.3 Å². The van der Waals surface area contributed by atoms with Crippen molar-refractivity contribution in [2.75, 3.05) is 25.5 Å². The predicted octanol–water partition coefficient (Wildman–Crippen LogP) is 3.15. The molecule has 4 rings (SSSR count). The molecule has 1 atom stereocenters. The van der Waals surface area contributed by atoms with Gasteiger partial charge in [-0.25, -0.2) is 4.79 Å². The van der Waals surface area contributed by atoms with Crippen molar-refractivity contribution in [3.05, 3.63) is 60.2 Å². The zero-order valence-electron chi connectivity index (χ0n) is 17.5. The van der Waals surface area contributed by atoms with Crippen LogP contribution in [0.1, 0.15) is 24.8 Å². The van der Waals surface area contributed by atoms with Crippen LogP contribution in [0.3, 0.4) is 0 Å². The number of benzene rings is 2. The number of carbonyl (C=O) groups excluding carboxylic acids is 2. The molecule has 2 N–H and O–H groups in total. The van der Waals surface area contributed by atoms with Gasteiger partial charge in [0.05, 0.1) is 13.7 Å². The van der Waals surface area contributed by atoms with E-state index in [1.807, 2.05) is 30.3 Å². The van der Waals surface area contributed by atoms with Crippen molar-refractivity contribution >= 4 is 23.3 Å². The average Bonchev–Trinajstić information content (AvgIpc) is 3.21. The molecule has 2 aromatic rings. The van der Waals surface area contributed by atoms with Crippen LogP contribution in [-0.2, 0) is 16.2 Å². The maximum Gasteiger partial charge on any atom is 0.317 e. The van der Waals surface area contributed by atoms with Crippen molar-refractivity contribution in [3.63, 3.8) is 0 Å².